The van der Waals surface area contributed by atoms with Crippen LogP contribution < -0.4 is 11.3 Å². The van der Waals surface area contributed by atoms with Crippen molar-refractivity contribution < 1.29 is 9.53 Å². The minimum Gasteiger partial charge on any atom is -0.456 e. The molecule has 1 rings (SSSR count). The molecule has 0 aliphatic rings. The number of nitrogens with two attached hydrogens (primary N) is 1. The predicted octanol–water partition coefficient (Wildman–Crippen LogP) is 0.745. The zero-order valence-corrected chi connectivity index (χ0v) is 10.4. The molecule has 0 bridgehead atoms. The summed E-state index contributed by atoms with van der Waals surface area (Å²) in [4.78, 5) is 29.6. The molecule has 6 heteroatoms. The normalized spacial score (nSPS) is 13.2. The van der Waals surface area contributed by atoms with Crippen LogP contribution >= 0.6 is 0 Å². The molecule has 0 amide bonds. The summed E-state index contributed by atoms with van der Waals surface area (Å²) in [6.07, 6.45) is 1.19. The Hall–Kier alpha value is -1.69. The Bertz CT molecular complexity index is 472. The molecule has 1 aromatic heterocycles. The lowest BCUT2D eigenvalue weighted by molar-refractivity contribution is 0.00669. The van der Waals surface area contributed by atoms with E-state index in [0.717, 1.165) is 0 Å². The zero-order valence-electron chi connectivity index (χ0n) is 10.4. The fourth-order valence-electron chi connectivity index (χ4n) is 1.12. The van der Waals surface area contributed by atoms with Gasteiger partial charge in [0, 0.05) is 6.20 Å². The number of ether oxygens (including phenoxy) is 1. The van der Waals surface area contributed by atoms with Gasteiger partial charge in [-0.25, -0.2) is 9.78 Å². The van der Waals surface area contributed by atoms with Crippen molar-refractivity contribution in [2.24, 2.45) is 5.73 Å². The average molecular weight is 239 g/mol. The van der Waals surface area contributed by atoms with Gasteiger partial charge in [-0.2, -0.15) is 0 Å². The van der Waals surface area contributed by atoms with E-state index in [9.17, 15) is 9.59 Å². The standard InChI is InChI=1S/C11H17N3O3/c1-6(12)8-13-5-7(9(15)14-8)10(16)17-11(2,3)4/h5-6H,12H2,1-4H3,(H,13,14,15). The van der Waals surface area contributed by atoms with Crippen LogP contribution in [0.4, 0.5) is 0 Å². The summed E-state index contributed by atoms with van der Waals surface area (Å²) in [5, 5.41) is 0. The highest BCUT2D eigenvalue weighted by molar-refractivity contribution is 5.88. The van der Waals surface area contributed by atoms with Crippen molar-refractivity contribution in [1.82, 2.24) is 9.97 Å². The smallest absolute Gasteiger partial charge is 0.345 e. The summed E-state index contributed by atoms with van der Waals surface area (Å²) in [5.74, 6) is -0.357. The van der Waals surface area contributed by atoms with Crippen LogP contribution in [0.2, 0.25) is 0 Å². The van der Waals surface area contributed by atoms with Gasteiger partial charge in [-0.05, 0) is 27.7 Å². The predicted molar refractivity (Wildman–Crippen MR) is 62.6 cm³/mol. The molecule has 0 saturated carbocycles. The molecule has 0 aliphatic heterocycles. The van der Waals surface area contributed by atoms with Gasteiger partial charge in [0.15, 0.2) is 0 Å². The van der Waals surface area contributed by atoms with Gasteiger partial charge in [0.1, 0.15) is 17.0 Å². The van der Waals surface area contributed by atoms with Crippen LogP contribution in [-0.2, 0) is 4.74 Å². The van der Waals surface area contributed by atoms with Gasteiger partial charge >= 0.3 is 5.97 Å². The molecule has 0 aromatic carbocycles. The second-order valence-electron chi connectivity index (χ2n) is 4.80. The molecule has 1 aromatic rings. The van der Waals surface area contributed by atoms with Gasteiger partial charge in [-0.15, -0.1) is 0 Å². The number of carbonyl (C=O) groups excluding carboxylic acids is 1. The van der Waals surface area contributed by atoms with Crippen molar-refractivity contribution in [3.05, 3.63) is 27.9 Å². The van der Waals surface area contributed by atoms with Gasteiger partial charge in [-0.1, -0.05) is 0 Å². The number of hydrogen-bond donors (Lipinski definition) is 2. The number of hydrogen-bond acceptors (Lipinski definition) is 5. The molecule has 0 saturated heterocycles. The van der Waals surface area contributed by atoms with Crippen LogP contribution in [0.1, 0.15) is 49.9 Å². The minimum atomic E-state index is -0.692. The van der Waals surface area contributed by atoms with Crippen molar-refractivity contribution in [3.8, 4) is 0 Å². The van der Waals surface area contributed by atoms with Crippen LogP contribution in [0.3, 0.4) is 0 Å². The molecule has 1 atom stereocenters. The summed E-state index contributed by atoms with van der Waals surface area (Å²) in [6.45, 7) is 6.86. The third kappa shape index (κ3) is 3.67. The second kappa shape index (κ2) is 4.67. The van der Waals surface area contributed by atoms with E-state index in [1.165, 1.54) is 6.20 Å². The van der Waals surface area contributed by atoms with E-state index >= 15 is 0 Å². The number of esters is 1. The van der Waals surface area contributed by atoms with Gasteiger partial charge in [0.2, 0.25) is 0 Å². The Morgan fingerprint density at radius 1 is 1.53 bits per heavy atom. The highest BCUT2D eigenvalue weighted by Crippen LogP contribution is 2.09. The zero-order chi connectivity index (χ0) is 13.2. The summed E-state index contributed by atoms with van der Waals surface area (Å²) >= 11 is 0. The minimum absolute atomic E-state index is 0.121. The molecular formula is C11H17N3O3. The molecule has 1 unspecified atom stereocenters. The molecule has 3 N–H and O–H groups in total. The van der Waals surface area contributed by atoms with Gasteiger partial charge in [0.25, 0.3) is 5.56 Å². The average Bonchev–Trinajstić information content (AvgIpc) is 2.14. The maximum Gasteiger partial charge on any atom is 0.345 e. The van der Waals surface area contributed by atoms with Crippen molar-refractivity contribution in [1.29, 1.82) is 0 Å². The SMILES string of the molecule is CC(N)c1ncc(C(=O)OC(C)(C)C)c(=O)[nH]1. The van der Waals surface area contributed by atoms with E-state index in [1.807, 2.05) is 0 Å². The van der Waals surface area contributed by atoms with Gasteiger partial charge in [0.05, 0.1) is 6.04 Å². The molecule has 0 fully saturated rings. The number of carbonyl (C=O) groups is 1. The summed E-state index contributed by atoms with van der Waals surface area (Å²) in [5.41, 5.74) is 4.25. The number of nitrogens with one attached hydrogen (secondary N) is 1. The summed E-state index contributed by atoms with van der Waals surface area (Å²) < 4.78 is 5.07. The Morgan fingerprint density at radius 2 is 2.12 bits per heavy atom. The molecule has 17 heavy (non-hydrogen) atoms. The van der Waals surface area contributed by atoms with Gasteiger partial charge in [-0.3, -0.25) is 4.79 Å². The molecule has 0 spiro atoms. The molecular weight excluding hydrogens is 222 g/mol. The fraction of sp³-hybridized carbons (Fsp3) is 0.545. The highest BCUT2D eigenvalue weighted by Gasteiger charge is 2.21. The third-order valence-electron chi connectivity index (χ3n) is 1.87. The van der Waals surface area contributed by atoms with Crippen LogP contribution in [0, 0.1) is 0 Å². The largest absolute Gasteiger partial charge is 0.456 e. The third-order valence-corrected chi connectivity index (χ3v) is 1.87. The maximum absolute atomic E-state index is 11.6. The first-order chi connectivity index (χ1) is 7.70. The molecule has 6 nitrogen and oxygen atoms in total. The second-order valence-corrected chi connectivity index (χ2v) is 4.80. The van der Waals surface area contributed by atoms with Crippen LogP contribution in [0.25, 0.3) is 0 Å². The number of H-pyrrole nitrogens is 1. The van der Waals surface area contributed by atoms with Crippen LogP contribution in [-0.4, -0.2) is 21.5 Å². The number of aromatic amines is 1. The molecule has 0 aliphatic carbocycles. The first kappa shape index (κ1) is 13.4. The topological polar surface area (TPSA) is 98.1 Å². The van der Waals surface area contributed by atoms with Crippen LogP contribution in [0.15, 0.2) is 11.0 Å². The van der Waals surface area contributed by atoms with Crippen molar-refractivity contribution in [2.45, 2.75) is 39.3 Å². The van der Waals surface area contributed by atoms with E-state index in [-0.39, 0.29) is 5.56 Å². The van der Waals surface area contributed by atoms with Gasteiger partial charge < -0.3 is 15.5 Å². The summed E-state index contributed by atoms with van der Waals surface area (Å²) in [6, 6.07) is -0.393. The molecule has 94 valence electrons. The van der Waals surface area contributed by atoms with E-state index in [1.54, 1.807) is 27.7 Å². The van der Waals surface area contributed by atoms with Crippen molar-refractivity contribution >= 4 is 5.97 Å². The van der Waals surface area contributed by atoms with E-state index in [2.05, 4.69) is 9.97 Å². The van der Waals surface area contributed by atoms with E-state index < -0.39 is 23.2 Å². The molecule has 0 radical (unpaired) electrons. The number of aromatic nitrogens is 2. The monoisotopic (exact) mass is 239 g/mol. The quantitative estimate of drug-likeness (QED) is 0.742. The first-order valence-electron chi connectivity index (χ1n) is 5.29. The number of nitrogens with zero attached hydrogens (tertiary/aromatic N) is 1. The lowest BCUT2D eigenvalue weighted by Gasteiger charge is -2.19. The Labute approximate surface area is 99.2 Å². The lowest BCUT2D eigenvalue weighted by atomic mass is 10.2. The highest BCUT2D eigenvalue weighted by atomic mass is 16.6. The Balaban J connectivity index is 3.01. The number of rotatable bonds is 2. The first-order valence-corrected chi connectivity index (χ1v) is 5.29. The maximum atomic E-state index is 11.6. The molecule has 1 heterocycles. The van der Waals surface area contributed by atoms with E-state index in [0.29, 0.717) is 5.82 Å². The Kier molecular flexibility index (Phi) is 3.67. The van der Waals surface area contributed by atoms with Crippen molar-refractivity contribution in [3.63, 3.8) is 0 Å². The summed E-state index contributed by atoms with van der Waals surface area (Å²) in [7, 11) is 0. The van der Waals surface area contributed by atoms with E-state index in [4.69, 9.17) is 10.5 Å². The Morgan fingerprint density at radius 3 is 2.53 bits per heavy atom. The fourth-order valence-corrected chi connectivity index (χ4v) is 1.12. The van der Waals surface area contributed by atoms with Crippen LogP contribution in [0.5, 0.6) is 0 Å². The van der Waals surface area contributed by atoms with Crippen molar-refractivity contribution in [2.75, 3.05) is 0 Å². The lowest BCUT2D eigenvalue weighted by Crippen LogP contribution is -2.29.